The average molecular weight is 364 g/mol. The van der Waals surface area contributed by atoms with E-state index >= 15 is 0 Å². The molecule has 5 heteroatoms. The highest BCUT2D eigenvalue weighted by atomic mass is 16.5. The van der Waals surface area contributed by atoms with Gasteiger partial charge in [-0.3, -0.25) is 4.79 Å². The molecule has 5 nitrogen and oxygen atoms in total. The average Bonchev–Trinajstić information content (AvgIpc) is 3.09. The summed E-state index contributed by atoms with van der Waals surface area (Å²) in [5.41, 5.74) is 5.67. The minimum Gasteiger partial charge on any atom is -0.493 e. The number of H-pyrrole nitrogens is 1. The number of hydrogen-bond acceptors (Lipinski definition) is 3. The SMILES string of the molecule is COc1ccc(C(=O)NCc2ccc3[nH]c4c(c3c2)CCCC4)cc1OC. The van der Waals surface area contributed by atoms with Gasteiger partial charge in [-0.1, -0.05) is 6.07 Å². The standard InChI is InChI=1S/C22H24N2O3/c1-26-20-10-8-15(12-21(20)27-2)22(25)23-13-14-7-9-19-17(11-14)16-5-3-4-6-18(16)24-19/h7-12,24H,3-6,13H2,1-2H3,(H,23,25). The van der Waals surface area contributed by atoms with Crippen LogP contribution in [0.3, 0.4) is 0 Å². The lowest BCUT2D eigenvalue weighted by atomic mass is 9.95. The summed E-state index contributed by atoms with van der Waals surface area (Å²) in [7, 11) is 3.14. The Hall–Kier alpha value is -2.95. The van der Waals surface area contributed by atoms with Gasteiger partial charge < -0.3 is 19.8 Å². The van der Waals surface area contributed by atoms with E-state index in [1.165, 1.54) is 35.0 Å². The van der Waals surface area contributed by atoms with E-state index in [1.807, 2.05) is 0 Å². The Balaban J connectivity index is 1.50. The number of nitrogens with one attached hydrogen (secondary N) is 2. The number of ether oxygens (including phenoxy) is 2. The van der Waals surface area contributed by atoms with E-state index in [1.54, 1.807) is 32.4 Å². The molecule has 0 fully saturated rings. The molecule has 0 radical (unpaired) electrons. The van der Waals surface area contributed by atoms with Crippen LogP contribution >= 0.6 is 0 Å². The van der Waals surface area contributed by atoms with Crippen molar-refractivity contribution in [3.63, 3.8) is 0 Å². The zero-order valence-corrected chi connectivity index (χ0v) is 15.7. The largest absolute Gasteiger partial charge is 0.493 e. The predicted octanol–water partition coefficient (Wildman–Crippen LogP) is 3.99. The topological polar surface area (TPSA) is 63.3 Å². The van der Waals surface area contributed by atoms with Crippen LogP contribution in [0, 0.1) is 0 Å². The molecule has 2 N–H and O–H groups in total. The van der Waals surface area contributed by atoms with Crippen molar-refractivity contribution in [1.82, 2.24) is 10.3 Å². The summed E-state index contributed by atoms with van der Waals surface area (Å²) in [6.07, 6.45) is 4.78. The summed E-state index contributed by atoms with van der Waals surface area (Å²) >= 11 is 0. The minimum atomic E-state index is -0.132. The molecule has 1 aromatic heterocycles. The van der Waals surface area contributed by atoms with Gasteiger partial charge in [-0.15, -0.1) is 0 Å². The van der Waals surface area contributed by atoms with Gasteiger partial charge in [0.05, 0.1) is 14.2 Å². The quantitative estimate of drug-likeness (QED) is 0.719. The Kier molecular flexibility index (Phi) is 4.75. The van der Waals surface area contributed by atoms with Crippen LogP contribution in [0.5, 0.6) is 11.5 Å². The lowest BCUT2D eigenvalue weighted by molar-refractivity contribution is 0.0950. The van der Waals surface area contributed by atoms with Gasteiger partial charge in [0.2, 0.25) is 0 Å². The molecule has 0 spiro atoms. The molecule has 0 aliphatic heterocycles. The normalized spacial score (nSPS) is 13.3. The highest BCUT2D eigenvalue weighted by Gasteiger charge is 2.16. The van der Waals surface area contributed by atoms with E-state index in [9.17, 15) is 4.79 Å². The van der Waals surface area contributed by atoms with Crippen LogP contribution < -0.4 is 14.8 Å². The summed E-state index contributed by atoms with van der Waals surface area (Å²) in [5, 5.41) is 4.29. The number of rotatable bonds is 5. The summed E-state index contributed by atoms with van der Waals surface area (Å²) in [6, 6.07) is 11.6. The number of fused-ring (bicyclic) bond motifs is 3. The highest BCUT2D eigenvalue weighted by molar-refractivity contribution is 5.95. The lowest BCUT2D eigenvalue weighted by Crippen LogP contribution is -2.22. The number of carbonyl (C=O) groups excluding carboxylic acids is 1. The number of aromatic nitrogens is 1. The molecule has 27 heavy (non-hydrogen) atoms. The fourth-order valence-electron chi connectivity index (χ4n) is 3.82. The summed E-state index contributed by atoms with van der Waals surface area (Å²) in [5.74, 6) is 1.02. The van der Waals surface area contributed by atoms with Crippen molar-refractivity contribution < 1.29 is 14.3 Å². The van der Waals surface area contributed by atoms with E-state index in [4.69, 9.17) is 9.47 Å². The molecular weight excluding hydrogens is 340 g/mol. The monoisotopic (exact) mass is 364 g/mol. The Morgan fingerprint density at radius 3 is 2.67 bits per heavy atom. The van der Waals surface area contributed by atoms with Crippen molar-refractivity contribution in [2.24, 2.45) is 0 Å². The first-order valence-electron chi connectivity index (χ1n) is 9.32. The number of hydrogen-bond donors (Lipinski definition) is 2. The molecule has 4 rings (SSSR count). The molecule has 1 heterocycles. The van der Waals surface area contributed by atoms with Gasteiger partial charge in [0.1, 0.15) is 0 Å². The van der Waals surface area contributed by atoms with Crippen molar-refractivity contribution >= 4 is 16.8 Å². The molecule has 0 bridgehead atoms. The Morgan fingerprint density at radius 1 is 1.04 bits per heavy atom. The molecule has 1 aliphatic carbocycles. The molecule has 1 amide bonds. The Labute approximate surface area is 158 Å². The molecule has 0 unspecified atom stereocenters. The van der Waals surface area contributed by atoms with Crippen LogP contribution in [-0.4, -0.2) is 25.1 Å². The number of benzene rings is 2. The van der Waals surface area contributed by atoms with Gasteiger partial charge in [0.25, 0.3) is 5.91 Å². The first-order valence-corrected chi connectivity index (χ1v) is 9.32. The van der Waals surface area contributed by atoms with Crippen LogP contribution in [0.15, 0.2) is 36.4 Å². The van der Waals surface area contributed by atoms with Crippen LogP contribution in [0.25, 0.3) is 10.9 Å². The van der Waals surface area contributed by atoms with Gasteiger partial charge in [-0.25, -0.2) is 0 Å². The smallest absolute Gasteiger partial charge is 0.251 e. The van der Waals surface area contributed by atoms with E-state index in [0.29, 0.717) is 23.6 Å². The van der Waals surface area contributed by atoms with Gasteiger partial charge in [0.15, 0.2) is 11.5 Å². The Bertz CT molecular complexity index is 991. The number of carbonyl (C=O) groups is 1. The van der Waals surface area contributed by atoms with Gasteiger partial charge in [-0.2, -0.15) is 0 Å². The number of amides is 1. The number of aromatic amines is 1. The van der Waals surface area contributed by atoms with Gasteiger partial charge >= 0.3 is 0 Å². The van der Waals surface area contributed by atoms with Gasteiger partial charge in [-0.05, 0) is 67.1 Å². The summed E-state index contributed by atoms with van der Waals surface area (Å²) in [4.78, 5) is 16.1. The molecule has 0 saturated heterocycles. The predicted molar refractivity (Wildman–Crippen MR) is 106 cm³/mol. The fraction of sp³-hybridized carbons (Fsp3) is 0.318. The van der Waals surface area contributed by atoms with Crippen LogP contribution in [0.2, 0.25) is 0 Å². The van der Waals surface area contributed by atoms with Crippen LogP contribution in [-0.2, 0) is 19.4 Å². The molecule has 2 aromatic carbocycles. The number of aryl methyl sites for hydroxylation is 2. The van der Waals surface area contributed by atoms with E-state index in [-0.39, 0.29) is 5.91 Å². The van der Waals surface area contributed by atoms with Crippen molar-refractivity contribution in [1.29, 1.82) is 0 Å². The maximum absolute atomic E-state index is 12.5. The minimum absolute atomic E-state index is 0.132. The maximum Gasteiger partial charge on any atom is 0.251 e. The highest BCUT2D eigenvalue weighted by Crippen LogP contribution is 2.30. The molecule has 140 valence electrons. The lowest BCUT2D eigenvalue weighted by Gasteiger charge is -2.11. The maximum atomic E-state index is 12.5. The molecule has 1 aliphatic rings. The third-order valence-corrected chi connectivity index (χ3v) is 5.26. The summed E-state index contributed by atoms with van der Waals surface area (Å²) < 4.78 is 10.5. The molecule has 0 atom stereocenters. The van der Waals surface area contributed by atoms with E-state index < -0.39 is 0 Å². The second kappa shape index (κ2) is 7.35. The fourth-order valence-corrected chi connectivity index (χ4v) is 3.82. The third kappa shape index (κ3) is 3.37. The zero-order valence-electron chi connectivity index (χ0n) is 15.7. The second-order valence-electron chi connectivity index (χ2n) is 6.92. The van der Waals surface area contributed by atoms with Crippen LogP contribution in [0.4, 0.5) is 0 Å². The van der Waals surface area contributed by atoms with Crippen molar-refractivity contribution in [2.75, 3.05) is 14.2 Å². The van der Waals surface area contributed by atoms with Crippen molar-refractivity contribution in [2.45, 2.75) is 32.2 Å². The molecule has 0 saturated carbocycles. The zero-order chi connectivity index (χ0) is 18.8. The molecule has 3 aromatic rings. The number of methoxy groups -OCH3 is 2. The van der Waals surface area contributed by atoms with Crippen molar-refractivity contribution in [3.8, 4) is 11.5 Å². The van der Waals surface area contributed by atoms with Gasteiger partial charge in [0, 0.05) is 28.7 Å². The first kappa shape index (κ1) is 17.5. The van der Waals surface area contributed by atoms with E-state index in [2.05, 4.69) is 28.5 Å². The Morgan fingerprint density at radius 2 is 1.85 bits per heavy atom. The second-order valence-corrected chi connectivity index (χ2v) is 6.92. The third-order valence-electron chi connectivity index (χ3n) is 5.26. The summed E-state index contributed by atoms with van der Waals surface area (Å²) in [6.45, 7) is 0.489. The van der Waals surface area contributed by atoms with Crippen molar-refractivity contribution in [3.05, 3.63) is 58.8 Å². The molecular formula is C22H24N2O3. The van der Waals surface area contributed by atoms with Crippen LogP contribution in [0.1, 0.15) is 40.0 Å². The first-order chi connectivity index (χ1) is 13.2. The van der Waals surface area contributed by atoms with E-state index in [0.717, 1.165) is 18.4 Å².